The van der Waals surface area contributed by atoms with Gasteiger partial charge in [0.15, 0.2) is 0 Å². The van der Waals surface area contributed by atoms with Crippen LogP contribution in [0.3, 0.4) is 0 Å². The van der Waals surface area contributed by atoms with Crippen molar-refractivity contribution in [1.29, 1.82) is 0 Å². The molecule has 2 nitrogen and oxygen atoms in total. The van der Waals surface area contributed by atoms with Gasteiger partial charge < -0.3 is 9.80 Å². The Hall–Kier alpha value is -1.80. The van der Waals surface area contributed by atoms with Crippen molar-refractivity contribution in [3.63, 3.8) is 0 Å². The summed E-state index contributed by atoms with van der Waals surface area (Å²) in [5.41, 5.74) is 4.26. The van der Waals surface area contributed by atoms with Crippen molar-refractivity contribution in [2.24, 2.45) is 0 Å². The lowest BCUT2D eigenvalue weighted by atomic mass is 9.89. The first-order valence-electron chi connectivity index (χ1n) is 7.46. The van der Waals surface area contributed by atoms with E-state index >= 15 is 0 Å². The number of hydrogen-bond acceptors (Lipinski definition) is 2. The number of likely N-dealkylation sites (N-methyl/N-ethyl adjacent to an activating group) is 1. The normalized spacial score (nSPS) is 25.4. The van der Waals surface area contributed by atoms with E-state index in [1.54, 1.807) is 0 Å². The molecule has 0 aromatic heterocycles. The highest BCUT2D eigenvalue weighted by Gasteiger charge is 2.41. The molecule has 0 aliphatic carbocycles. The molecule has 1 saturated heterocycles. The number of fused-ring (bicyclic) bond motifs is 3. The van der Waals surface area contributed by atoms with E-state index in [1.807, 2.05) is 0 Å². The van der Waals surface area contributed by atoms with Gasteiger partial charge in [0.1, 0.15) is 0 Å². The van der Waals surface area contributed by atoms with Gasteiger partial charge in [-0.1, -0.05) is 36.4 Å². The maximum absolute atomic E-state index is 2.56. The van der Waals surface area contributed by atoms with Gasteiger partial charge in [-0.3, -0.25) is 0 Å². The van der Waals surface area contributed by atoms with E-state index in [9.17, 15) is 0 Å². The molecule has 1 fully saturated rings. The Labute approximate surface area is 120 Å². The standard InChI is InChI=1S/C18H20N2/c1-19-12-11-18-16(13-19)15-9-5-6-10-17(15)20(18)14-7-3-2-4-8-14/h2-10,16,18H,11-13H2,1H3/t16-,18-/m0/s1. The van der Waals surface area contributed by atoms with E-state index in [2.05, 4.69) is 71.4 Å². The van der Waals surface area contributed by atoms with Gasteiger partial charge in [-0.25, -0.2) is 0 Å². The fraction of sp³-hybridized carbons (Fsp3) is 0.333. The van der Waals surface area contributed by atoms with Crippen molar-refractivity contribution in [3.05, 3.63) is 60.2 Å². The maximum Gasteiger partial charge on any atom is 0.0450 e. The van der Waals surface area contributed by atoms with Crippen LogP contribution in [0.25, 0.3) is 0 Å². The van der Waals surface area contributed by atoms with Crippen LogP contribution >= 0.6 is 0 Å². The summed E-state index contributed by atoms with van der Waals surface area (Å²) >= 11 is 0. The highest BCUT2D eigenvalue weighted by molar-refractivity contribution is 5.72. The third-order valence-electron chi connectivity index (χ3n) is 4.74. The minimum absolute atomic E-state index is 0.617. The highest BCUT2D eigenvalue weighted by atomic mass is 15.2. The molecule has 20 heavy (non-hydrogen) atoms. The van der Waals surface area contributed by atoms with Crippen LogP contribution < -0.4 is 4.90 Å². The SMILES string of the molecule is CN1CC[C@H]2[C@@H](C1)c1ccccc1N2c1ccccc1. The average Bonchev–Trinajstić information content (AvgIpc) is 2.82. The number of benzene rings is 2. The van der Waals surface area contributed by atoms with E-state index in [1.165, 1.54) is 36.4 Å². The highest BCUT2D eigenvalue weighted by Crippen LogP contribution is 2.47. The molecule has 0 unspecified atom stereocenters. The topological polar surface area (TPSA) is 6.48 Å². The Balaban J connectivity index is 1.83. The third kappa shape index (κ3) is 1.75. The Bertz CT molecular complexity index is 608. The predicted molar refractivity (Wildman–Crippen MR) is 83.7 cm³/mol. The summed E-state index contributed by atoms with van der Waals surface area (Å²) in [6.07, 6.45) is 1.24. The van der Waals surface area contributed by atoms with Crippen LogP contribution in [0, 0.1) is 0 Å². The van der Waals surface area contributed by atoms with Crippen LogP contribution in [0.1, 0.15) is 17.9 Å². The molecule has 4 rings (SSSR count). The van der Waals surface area contributed by atoms with Crippen molar-refractivity contribution in [2.45, 2.75) is 18.4 Å². The first-order valence-corrected chi connectivity index (χ1v) is 7.46. The second-order valence-corrected chi connectivity index (χ2v) is 5.99. The predicted octanol–water partition coefficient (Wildman–Crippen LogP) is 3.63. The number of rotatable bonds is 1. The van der Waals surface area contributed by atoms with Crippen LogP contribution in [-0.2, 0) is 0 Å². The van der Waals surface area contributed by atoms with Gasteiger partial charge in [0.2, 0.25) is 0 Å². The number of likely N-dealkylation sites (tertiary alicyclic amines) is 1. The lowest BCUT2D eigenvalue weighted by molar-refractivity contribution is 0.236. The number of hydrogen-bond donors (Lipinski definition) is 0. The van der Waals surface area contributed by atoms with E-state index in [0.29, 0.717) is 12.0 Å². The van der Waals surface area contributed by atoms with Gasteiger partial charge in [0, 0.05) is 29.9 Å². The molecule has 0 bridgehead atoms. The maximum atomic E-state index is 2.56. The van der Waals surface area contributed by atoms with E-state index < -0.39 is 0 Å². The Morgan fingerprint density at radius 1 is 0.950 bits per heavy atom. The molecular weight excluding hydrogens is 244 g/mol. The quantitative estimate of drug-likeness (QED) is 0.776. The smallest absolute Gasteiger partial charge is 0.0450 e. The molecule has 0 amide bonds. The number of anilines is 2. The molecule has 0 N–H and O–H groups in total. The zero-order valence-electron chi connectivity index (χ0n) is 11.9. The summed E-state index contributed by atoms with van der Waals surface area (Å²) in [6.45, 7) is 2.36. The molecular formula is C18H20N2. The third-order valence-corrected chi connectivity index (χ3v) is 4.74. The molecule has 2 heteroatoms. The Morgan fingerprint density at radius 3 is 2.55 bits per heavy atom. The Morgan fingerprint density at radius 2 is 1.70 bits per heavy atom. The summed E-state index contributed by atoms with van der Waals surface area (Å²) in [5.74, 6) is 0.644. The summed E-state index contributed by atoms with van der Waals surface area (Å²) in [7, 11) is 2.24. The first kappa shape index (κ1) is 12.0. The van der Waals surface area contributed by atoms with E-state index in [0.717, 1.165) is 0 Å². The molecule has 2 aliphatic heterocycles. The van der Waals surface area contributed by atoms with E-state index in [-0.39, 0.29) is 0 Å². The van der Waals surface area contributed by atoms with Crippen molar-refractivity contribution >= 4 is 11.4 Å². The largest absolute Gasteiger partial charge is 0.337 e. The van der Waals surface area contributed by atoms with Crippen molar-refractivity contribution in [2.75, 3.05) is 25.0 Å². The minimum atomic E-state index is 0.617. The van der Waals surface area contributed by atoms with Gasteiger partial charge in [-0.2, -0.15) is 0 Å². The molecule has 102 valence electrons. The van der Waals surface area contributed by atoms with Gasteiger partial charge in [-0.15, -0.1) is 0 Å². The summed E-state index contributed by atoms with van der Waals surface area (Å²) in [5, 5.41) is 0. The Kier molecular flexibility index (Phi) is 2.78. The zero-order valence-corrected chi connectivity index (χ0v) is 11.9. The van der Waals surface area contributed by atoms with Crippen LogP contribution in [0.2, 0.25) is 0 Å². The monoisotopic (exact) mass is 264 g/mol. The molecule has 0 spiro atoms. The second kappa shape index (κ2) is 4.64. The molecule has 2 atom stereocenters. The molecule has 0 saturated carbocycles. The summed E-state index contributed by atoms with van der Waals surface area (Å²) in [6, 6.07) is 20.4. The molecule has 2 aromatic rings. The average molecular weight is 264 g/mol. The van der Waals surface area contributed by atoms with Crippen LogP contribution in [0.4, 0.5) is 11.4 Å². The fourth-order valence-electron chi connectivity index (χ4n) is 3.84. The van der Waals surface area contributed by atoms with Gasteiger partial charge in [0.25, 0.3) is 0 Å². The fourth-order valence-corrected chi connectivity index (χ4v) is 3.84. The van der Waals surface area contributed by atoms with Crippen LogP contribution in [-0.4, -0.2) is 31.1 Å². The van der Waals surface area contributed by atoms with E-state index in [4.69, 9.17) is 0 Å². The number of para-hydroxylation sites is 2. The first-order chi connectivity index (χ1) is 9.84. The van der Waals surface area contributed by atoms with Crippen molar-refractivity contribution < 1.29 is 0 Å². The lowest BCUT2D eigenvalue weighted by Gasteiger charge is -2.37. The van der Waals surface area contributed by atoms with Crippen molar-refractivity contribution in [1.82, 2.24) is 4.90 Å². The summed E-state index contributed by atoms with van der Waals surface area (Å²) in [4.78, 5) is 5.03. The molecule has 0 radical (unpaired) electrons. The molecule has 2 heterocycles. The van der Waals surface area contributed by atoms with Gasteiger partial charge >= 0.3 is 0 Å². The van der Waals surface area contributed by atoms with Crippen LogP contribution in [0.5, 0.6) is 0 Å². The zero-order chi connectivity index (χ0) is 13.5. The van der Waals surface area contributed by atoms with Crippen LogP contribution in [0.15, 0.2) is 54.6 Å². The van der Waals surface area contributed by atoms with Gasteiger partial charge in [0.05, 0.1) is 0 Å². The molecule has 2 aromatic carbocycles. The minimum Gasteiger partial charge on any atom is -0.337 e. The van der Waals surface area contributed by atoms with Gasteiger partial charge in [-0.05, 0) is 43.8 Å². The second-order valence-electron chi connectivity index (χ2n) is 5.99. The lowest BCUT2D eigenvalue weighted by Crippen LogP contribution is -2.43. The number of nitrogens with zero attached hydrogens (tertiary/aromatic N) is 2. The summed E-state index contributed by atoms with van der Waals surface area (Å²) < 4.78 is 0. The van der Waals surface area contributed by atoms with Crippen molar-refractivity contribution in [3.8, 4) is 0 Å². The molecule has 2 aliphatic rings. The number of piperidine rings is 1.